The highest BCUT2D eigenvalue weighted by Gasteiger charge is 2.39. The van der Waals surface area contributed by atoms with Gasteiger partial charge in [-0.25, -0.2) is 4.98 Å². The molecule has 4 heteroatoms. The number of aromatic nitrogens is 1. The number of hydrogen-bond acceptors (Lipinski definition) is 3. The molecule has 1 unspecified atom stereocenters. The quantitative estimate of drug-likeness (QED) is 0.928. The molecule has 1 atom stereocenters. The molecule has 0 saturated carbocycles. The molecule has 0 bridgehead atoms. The van der Waals surface area contributed by atoms with Gasteiger partial charge < -0.3 is 5.32 Å². The Labute approximate surface area is 116 Å². The normalized spacial score (nSPS) is 17.4. The first kappa shape index (κ1) is 12.1. The van der Waals surface area contributed by atoms with E-state index in [-0.39, 0.29) is 11.8 Å². The summed E-state index contributed by atoms with van der Waals surface area (Å²) in [5.41, 5.74) is 6.17. The topological polar surface area (TPSA) is 42.0 Å². The summed E-state index contributed by atoms with van der Waals surface area (Å²) >= 11 is 1.54. The number of thiazole rings is 1. The fraction of sp³-hybridized carbons (Fsp3) is 0.200. The number of carbonyl (C=O) groups is 1. The number of hydrogen-bond donors (Lipinski definition) is 1. The molecule has 0 spiro atoms. The standard InChI is InChI=1S/C15H14N2OS/c1-10-13(11-5-3-2-4-6-11)14(10)15(18)16-7-12-8-19-9-17-12/h2-6,8-9,14H,7H2,1H3,(H,16,18). The highest BCUT2D eigenvalue weighted by atomic mass is 32.1. The van der Waals surface area contributed by atoms with Crippen molar-refractivity contribution in [3.05, 3.63) is 58.1 Å². The van der Waals surface area contributed by atoms with Gasteiger partial charge in [0.15, 0.2) is 0 Å². The van der Waals surface area contributed by atoms with E-state index in [1.165, 1.54) is 5.57 Å². The lowest BCUT2D eigenvalue weighted by molar-refractivity contribution is -0.121. The number of rotatable bonds is 4. The third-order valence-corrected chi connectivity index (χ3v) is 3.97. The zero-order valence-corrected chi connectivity index (χ0v) is 11.4. The fourth-order valence-electron chi connectivity index (χ4n) is 2.27. The molecule has 0 radical (unpaired) electrons. The van der Waals surface area contributed by atoms with Crippen molar-refractivity contribution in [2.24, 2.45) is 5.92 Å². The second-order valence-electron chi connectivity index (χ2n) is 4.59. The van der Waals surface area contributed by atoms with Crippen LogP contribution in [0.5, 0.6) is 0 Å². The first-order chi connectivity index (χ1) is 9.27. The molecule has 1 aromatic heterocycles. The molecule has 2 aromatic rings. The van der Waals surface area contributed by atoms with Crippen LogP contribution in [0.2, 0.25) is 0 Å². The third-order valence-electron chi connectivity index (χ3n) is 3.34. The Morgan fingerprint density at radius 1 is 1.37 bits per heavy atom. The van der Waals surface area contributed by atoms with Crippen LogP contribution in [0.3, 0.4) is 0 Å². The molecule has 96 valence electrons. The van der Waals surface area contributed by atoms with E-state index in [0.29, 0.717) is 6.54 Å². The summed E-state index contributed by atoms with van der Waals surface area (Å²) in [7, 11) is 0. The minimum absolute atomic E-state index is 0.0546. The molecule has 0 aliphatic heterocycles. The van der Waals surface area contributed by atoms with Crippen molar-refractivity contribution in [3.8, 4) is 0 Å². The van der Waals surface area contributed by atoms with Crippen LogP contribution in [0.25, 0.3) is 5.57 Å². The van der Waals surface area contributed by atoms with Gasteiger partial charge in [0.2, 0.25) is 5.91 Å². The average Bonchev–Trinajstić information content (AvgIpc) is 2.88. The summed E-state index contributed by atoms with van der Waals surface area (Å²) in [5.74, 6) is 0.0189. The molecule has 0 fully saturated rings. The Hall–Kier alpha value is -1.94. The van der Waals surface area contributed by atoms with Crippen molar-refractivity contribution in [2.45, 2.75) is 13.5 Å². The fourth-order valence-corrected chi connectivity index (χ4v) is 2.83. The predicted octanol–water partition coefficient (Wildman–Crippen LogP) is 2.86. The summed E-state index contributed by atoms with van der Waals surface area (Å²) in [5, 5.41) is 4.89. The van der Waals surface area contributed by atoms with E-state index in [0.717, 1.165) is 16.8 Å². The minimum Gasteiger partial charge on any atom is -0.350 e. The molecular weight excluding hydrogens is 256 g/mol. The smallest absolute Gasteiger partial charge is 0.232 e. The van der Waals surface area contributed by atoms with Gasteiger partial charge in [0.05, 0.1) is 23.7 Å². The SMILES string of the molecule is CC1=C(c2ccccc2)C1C(=O)NCc1cscn1. The Kier molecular flexibility index (Phi) is 3.17. The Balaban J connectivity index is 1.61. The van der Waals surface area contributed by atoms with E-state index < -0.39 is 0 Å². The molecule has 1 aliphatic carbocycles. The predicted molar refractivity (Wildman–Crippen MR) is 76.5 cm³/mol. The molecule has 1 aliphatic rings. The van der Waals surface area contributed by atoms with Crippen LogP contribution >= 0.6 is 11.3 Å². The van der Waals surface area contributed by atoms with Gasteiger partial charge in [-0.1, -0.05) is 35.9 Å². The van der Waals surface area contributed by atoms with Gasteiger partial charge in [0, 0.05) is 5.38 Å². The van der Waals surface area contributed by atoms with E-state index >= 15 is 0 Å². The molecule has 3 rings (SSSR count). The summed E-state index contributed by atoms with van der Waals surface area (Å²) < 4.78 is 0. The van der Waals surface area contributed by atoms with Gasteiger partial charge in [0.1, 0.15) is 0 Å². The largest absolute Gasteiger partial charge is 0.350 e. The van der Waals surface area contributed by atoms with Crippen LogP contribution in [0.15, 0.2) is 46.8 Å². The number of nitrogens with one attached hydrogen (secondary N) is 1. The second kappa shape index (κ2) is 4.97. The number of amides is 1. The maximum absolute atomic E-state index is 12.1. The Bertz CT molecular complexity index is 617. The van der Waals surface area contributed by atoms with Crippen LogP contribution in [0.4, 0.5) is 0 Å². The van der Waals surface area contributed by atoms with E-state index in [1.54, 1.807) is 16.8 Å². The first-order valence-corrected chi connectivity index (χ1v) is 7.12. The summed E-state index contributed by atoms with van der Waals surface area (Å²) in [6, 6.07) is 10.1. The van der Waals surface area contributed by atoms with E-state index in [1.807, 2.05) is 42.6 Å². The van der Waals surface area contributed by atoms with Crippen LogP contribution in [0.1, 0.15) is 18.2 Å². The average molecular weight is 270 g/mol. The molecule has 1 heterocycles. The van der Waals surface area contributed by atoms with Crippen molar-refractivity contribution in [3.63, 3.8) is 0 Å². The maximum Gasteiger partial charge on any atom is 0.232 e. The van der Waals surface area contributed by atoms with Crippen molar-refractivity contribution in [2.75, 3.05) is 0 Å². The highest BCUT2D eigenvalue weighted by Crippen LogP contribution is 2.46. The summed E-state index contributed by atoms with van der Waals surface area (Å²) in [4.78, 5) is 16.3. The lowest BCUT2D eigenvalue weighted by Gasteiger charge is -2.03. The van der Waals surface area contributed by atoms with Crippen molar-refractivity contribution >= 4 is 22.8 Å². The molecule has 1 aromatic carbocycles. The van der Waals surface area contributed by atoms with Crippen LogP contribution in [-0.2, 0) is 11.3 Å². The minimum atomic E-state index is -0.0546. The lowest BCUT2D eigenvalue weighted by atomic mass is 10.1. The summed E-state index contributed by atoms with van der Waals surface area (Å²) in [6.45, 7) is 2.53. The van der Waals surface area contributed by atoms with Gasteiger partial charge in [-0.2, -0.15) is 0 Å². The van der Waals surface area contributed by atoms with Gasteiger partial charge in [0.25, 0.3) is 0 Å². The van der Waals surface area contributed by atoms with Crippen LogP contribution in [0, 0.1) is 5.92 Å². The second-order valence-corrected chi connectivity index (χ2v) is 5.31. The lowest BCUT2D eigenvalue weighted by Crippen LogP contribution is -2.25. The van der Waals surface area contributed by atoms with Crippen LogP contribution in [-0.4, -0.2) is 10.9 Å². The number of carbonyl (C=O) groups excluding carboxylic acids is 1. The maximum atomic E-state index is 12.1. The van der Waals surface area contributed by atoms with Crippen molar-refractivity contribution < 1.29 is 4.79 Å². The van der Waals surface area contributed by atoms with Gasteiger partial charge in [-0.15, -0.1) is 11.3 Å². The molecule has 1 N–H and O–H groups in total. The van der Waals surface area contributed by atoms with Gasteiger partial charge in [-0.05, 0) is 18.1 Å². The zero-order chi connectivity index (χ0) is 13.2. The zero-order valence-electron chi connectivity index (χ0n) is 10.6. The Morgan fingerprint density at radius 2 is 2.16 bits per heavy atom. The Morgan fingerprint density at radius 3 is 2.84 bits per heavy atom. The highest BCUT2D eigenvalue weighted by molar-refractivity contribution is 7.07. The molecular formula is C15H14N2OS. The molecule has 0 saturated heterocycles. The van der Waals surface area contributed by atoms with Crippen molar-refractivity contribution in [1.29, 1.82) is 0 Å². The van der Waals surface area contributed by atoms with E-state index in [9.17, 15) is 4.79 Å². The van der Waals surface area contributed by atoms with Crippen LogP contribution < -0.4 is 5.32 Å². The molecule has 19 heavy (non-hydrogen) atoms. The van der Waals surface area contributed by atoms with Gasteiger partial charge in [-0.3, -0.25) is 4.79 Å². The molecule has 3 nitrogen and oxygen atoms in total. The van der Waals surface area contributed by atoms with Crippen molar-refractivity contribution in [1.82, 2.24) is 10.3 Å². The third kappa shape index (κ3) is 2.44. The monoisotopic (exact) mass is 270 g/mol. The van der Waals surface area contributed by atoms with E-state index in [2.05, 4.69) is 10.3 Å². The van der Waals surface area contributed by atoms with E-state index in [4.69, 9.17) is 0 Å². The first-order valence-electron chi connectivity index (χ1n) is 6.18. The summed E-state index contributed by atoms with van der Waals surface area (Å²) in [6.07, 6.45) is 0. The molecule has 1 amide bonds. The number of nitrogens with zero attached hydrogens (tertiary/aromatic N) is 1. The van der Waals surface area contributed by atoms with Gasteiger partial charge >= 0.3 is 0 Å². The number of benzene rings is 1.